The van der Waals surface area contributed by atoms with Crippen LogP contribution in [0.15, 0.2) is 0 Å². The number of hydrogen-bond donors (Lipinski definition) is 0. The van der Waals surface area contributed by atoms with Crippen LogP contribution in [-0.4, -0.2) is 22.0 Å². The second kappa shape index (κ2) is 8.31. The first kappa shape index (κ1) is 12.7. The quantitative estimate of drug-likeness (QED) is 0.616. The lowest BCUT2D eigenvalue weighted by Crippen LogP contribution is -2.00. The molecule has 0 N–H and O–H groups in total. The summed E-state index contributed by atoms with van der Waals surface area (Å²) in [5.41, 5.74) is 0. The van der Waals surface area contributed by atoms with Crippen LogP contribution in [0.1, 0.15) is 40.5 Å². The summed E-state index contributed by atoms with van der Waals surface area (Å²) in [5.74, 6) is 2.66. The molecule has 0 aromatic carbocycles. The van der Waals surface area contributed by atoms with Crippen molar-refractivity contribution < 1.29 is 0 Å². The third kappa shape index (κ3) is 8.79. The zero-order valence-corrected chi connectivity index (χ0v) is 10.4. The normalized spacial score (nSPS) is 13.8. The molecule has 0 saturated carbocycles. The van der Waals surface area contributed by atoms with E-state index in [4.69, 9.17) is 0 Å². The summed E-state index contributed by atoms with van der Waals surface area (Å²) in [5, 5.41) is 1.66. The summed E-state index contributed by atoms with van der Waals surface area (Å²) >= 11 is 4.19. The molecule has 0 fully saturated rings. The average Bonchev–Trinajstić information content (AvgIpc) is 2.00. The van der Waals surface area contributed by atoms with E-state index in [1.807, 2.05) is 0 Å². The predicted molar refractivity (Wildman–Crippen MR) is 64.4 cm³/mol. The van der Waals surface area contributed by atoms with E-state index in [0.29, 0.717) is 0 Å². The second-order valence-corrected chi connectivity index (χ2v) is 6.62. The fourth-order valence-electron chi connectivity index (χ4n) is 0.872. The van der Waals surface area contributed by atoms with Gasteiger partial charge in [0.2, 0.25) is 0 Å². The Morgan fingerprint density at radius 1 is 1.00 bits per heavy atom. The molecule has 0 spiro atoms. The Balaban J connectivity index is 3.13. The fraction of sp³-hybridized carbons (Fsp3) is 1.00. The van der Waals surface area contributed by atoms with Gasteiger partial charge in [0.15, 0.2) is 0 Å². The van der Waals surface area contributed by atoms with Crippen LogP contribution in [0.4, 0.5) is 0 Å². The summed E-state index contributed by atoms with van der Waals surface area (Å²) in [6.45, 7) is 9.15. The third-order valence-electron chi connectivity index (χ3n) is 1.58. The van der Waals surface area contributed by atoms with Gasteiger partial charge in [-0.25, -0.2) is 0 Å². The first-order chi connectivity index (χ1) is 5.66. The van der Waals surface area contributed by atoms with E-state index >= 15 is 0 Å². The summed E-state index contributed by atoms with van der Waals surface area (Å²) in [6, 6.07) is 0. The molecule has 1 unspecified atom stereocenters. The van der Waals surface area contributed by atoms with Crippen LogP contribution >= 0.6 is 23.5 Å². The minimum Gasteiger partial charge on any atom is -0.159 e. The van der Waals surface area contributed by atoms with E-state index in [2.05, 4.69) is 51.2 Å². The predicted octanol–water partition coefficient (Wildman–Crippen LogP) is 4.05. The van der Waals surface area contributed by atoms with Crippen LogP contribution in [0.5, 0.6) is 0 Å². The molecule has 0 aliphatic rings. The maximum Gasteiger partial charge on any atom is 0.00265 e. The van der Waals surface area contributed by atoms with Crippen molar-refractivity contribution >= 4 is 23.5 Å². The van der Waals surface area contributed by atoms with Gasteiger partial charge in [0, 0.05) is 5.25 Å². The molecule has 0 aromatic rings. The van der Waals surface area contributed by atoms with E-state index in [0.717, 1.165) is 10.5 Å². The van der Waals surface area contributed by atoms with Crippen molar-refractivity contribution in [2.24, 2.45) is 0 Å². The van der Waals surface area contributed by atoms with Gasteiger partial charge < -0.3 is 0 Å². The van der Waals surface area contributed by atoms with Crippen LogP contribution in [0.25, 0.3) is 0 Å². The number of thioether (sulfide) groups is 2. The van der Waals surface area contributed by atoms with Gasteiger partial charge in [-0.05, 0) is 29.6 Å². The lowest BCUT2D eigenvalue weighted by Gasteiger charge is -2.10. The van der Waals surface area contributed by atoms with Gasteiger partial charge >= 0.3 is 0 Å². The molecule has 0 saturated heterocycles. The molecule has 74 valence electrons. The highest BCUT2D eigenvalue weighted by Crippen LogP contribution is 2.19. The Morgan fingerprint density at radius 3 is 2.17 bits per heavy atom. The van der Waals surface area contributed by atoms with E-state index in [1.165, 1.54) is 24.3 Å². The molecular formula is C10H22S2. The lowest BCUT2D eigenvalue weighted by molar-refractivity contribution is 0.908. The van der Waals surface area contributed by atoms with Gasteiger partial charge in [0.1, 0.15) is 0 Å². The van der Waals surface area contributed by atoms with Gasteiger partial charge in [-0.15, -0.1) is 0 Å². The topological polar surface area (TPSA) is 0 Å². The van der Waals surface area contributed by atoms with Crippen LogP contribution in [0, 0.1) is 0 Å². The third-order valence-corrected chi connectivity index (χ3v) is 4.17. The molecule has 0 aliphatic heterocycles. The molecule has 2 heteroatoms. The van der Waals surface area contributed by atoms with E-state index in [-0.39, 0.29) is 0 Å². The van der Waals surface area contributed by atoms with Crippen LogP contribution in [0.3, 0.4) is 0 Å². The molecule has 1 atom stereocenters. The molecule has 0 nitrogen and oxygen atoms in total. The number of rotatable bonds is 7. The molecule has 0 aromatic heterocycles. The Labute approximate surface area is 86.3 Å². The Hall–Kier alpha value is 0.700. The Kier molecular flexibility index (Phi) is 8.79. The van der Waals surface area contributed by atoms with Crippen molar-refractivity contribution in [3.8, 4) is 0 Å². The summed E-state index contributed by atoms with van der Waals surface area (Å²) in [4.78, 5) is 0. The van der Waals surface area contributed by atoms with Crippen molar-refractivity contribution in [3.05, 3.63) is 0 Å². The highest BCUT2D eigenvalue weighted by molar-refractivity contribution is 8.00. The zero-order chi connectivity index (χ0) is 9.40. The molecule has 0 bridgehead atoms. The average molecular weight is 206 g/mol. The zero-order valence-electron chi connectivity index (χ0n) is 8.80. The highest BCUT2D eigenvalue weighted by atomic mass is 32.2. The summed E-state index contributed by atoms with van der Waals surface area (Å²) in [7, 11) is 0. The first-order valence-corrected chi connectivity index (χ1v) is 6.99. The molecule has 0 rings (SSSR count). The summed E-state index contributed by atoms with van der Waals surface area (Å²) < 4.78 is 0. The molecular weight excluding hydrogens is 184 g/mol. The van der Waals surface area contributed by atoms with Crippen molar-refractivity contribution in [3.63, 3.8) is 0 Å². The molecule has 0 radical (unpaired) electrons. The highest BCUT2D eigenvalue weighted by Gasteiger charge is 2.02. The van der Waals surface area contributed by atoms with Crippen molar-refractivity contribution in [1.29, 1.82) is 0 Å². The van der Waals surface area contributed by atoms with Crippen molar-refractivity contribution in [2.75, 3.05) is 11.5 Å². The van der Waals surface area contributed by atoms with Gasteiger partial charge in [-0.3, -0.25) is 0 Å². The number of hydrogen-bond acceptors (Lipinski definition) is 2. The molecule has 12 heavy (non-hydrogen) atoms. The monoisotopic (exact) mass is 206 g/mol. The van der Waals surface area contributed by atoms with Crippen LogP contribution < -0.4 is 0 Å². The van der Waals surface area contributed by atoms with Crippen LogP contribution in [-0.2, 0) is 0 Å². The molecule has 0 amide bonds. The van der Waals surface area contributed by atoms with Crippen molar-refractivity contribution in [1.82, 2.24) is 0 Å². The Morgan fingerprint density at radius 2 is 1.67 bits per heavy atom. The van der Waals surface area contributed by atoms with E-state index < -0.39 is 0 Å². The van der Waals surface area contributed by atoms with Gasteiger partial charge in [-0.1, -0.05) is 27.7 Å². The maximum absolute atomic E-state index is 2.35. The van der Waals surface area contributed by atoms with Gasteiger partial charge in [0.05, 0.1) is 0 Å². The van der Waals surface area contributed by atoms with Crippen LogP contribution in [0.2, 0.25) is 0 Å². The Bertz CT molecular complexity index is 91.8. The minimum absolute atomic E-state index is 0.799. The SMILES string of the molecule is CCCSC(C)CCSC(C)C. The van der Waals surface area contributed by atoms with Crippen molar-refractivity contribution in [2.45, 2.75) is 51.0 Å². The molecule has 0 heterocycles. The smallest absolute Gasteiger partial charge is 0.00265 e. The lowest BCUT2D eigenvalue weighted by atomic mass is 10.4. The van der Waals surface area contributed by atoms with E-state index in [9.17, 15) is 0 Å². The largest absolute Gasteiger partial charge is 0.159 e. The first-order valence-electron chi connectivity index (χ1n) is 4.90. The second-order valence-electron chi connectivity index (χ2n) is 3.39. The summed E-state index contributed by atoms with van der Waals surface area (Å²) in [6.07, 6.45) is 2.68. The molecule has 0 aliphatic carbocycles. The minimum atomic E-state index is 0.799. The van der Waals surface area contributed by atoms with Gasteiger partial charge in [0.25, 0.3) is 0 Å². The fourth-order valence-corrected chi connectivity index (χ4v) is 2.90. The van der Waals surface area contributed by atoms with E-state index in [1.54, 1.807) is 0 Å². The standard InChI is InChI=1S/C10H22S2/c1-5-7-12-10(4)6-8-11-9(2)3/h9-10H,5-8H2,1-4H3. The maximum atomic E-state index is 2.35. The van der Waals surface area contributed by atoms with Gasteiger partial charge in [-0.2, -0.15) is 23.5 Å².